The second kappa shape index (κ2) is 5.44. The third kappa shape index (κ3) is 2.74. The van der Waals surface area contributed by atoms with Gasteiger partial charge in [0.25, 0.3) is 5.91 Å². The number of carbonyl (C=O) groups excluding carboxylic acids is 1. The zero-order chi connectivity index (χ0) is 12.3. The molecule has 1 aromatic rings. The second-order valence-electron chi connectivity index (χ2n) is 3.84. The van der Waals surface area contributed by atoms with Crippen LogP contribution < -0.4 is 5.73 Å². The Balaban J connectivity index is 2.12. The number of hydrogen-bond acceptors (Lipinski definition) is 4. The second-order valence-corrected chi connectivity index (χ2v) is 4.24. The summed E-state index contributed by atoms with van der Waals surface area (Å²) in [4.78, 5) is 17.8. The van der Waals surface area contributed by atoms with Crippen LogP contribution in [-0.2, 0) is 4.74 Å². The first-order valence-electron chi connectivity index (χ1n) is 5.43. The molecule has 17 heavy (non-hydrogen) atoms. The largest absolute Gasteiger partial charge is 0.373 e. The number of nitrogens with two attached hydrogens (primary N) is 1. The lowest BCUT2D eigenvalue weighted by Gasteiger charge is -2.32. The molecule has 1 atom stereocenters. The average molecular weight is 256 g/mol. The maximum Gasteiger partial charge on any atom is 0.255 e. The Morgan fingerprint density at radius 2 is 2.53 bits per heavy atom. The van der Waals surface area contributed by atoms with Crippen LogP contribution in [0.3, 0.4) is 0 Å². The molecule has 1 aliphatic rings. The first-order chi connectivity index (χ1) is 8.22. The molecule has 1 amide bonds. The van der Waals surface area contributed by atoms with Crippen LogP contribution in [0.5, 0.6) is 0 Å². The van der Waals surface area contributed by atoms with Crippen molar-refractivity contribution < 1.29 is 9.53 Å². The number of hydrogen-bond donors (Lipinski definition) is 1. The van der Waals surface area contributed by atoms with E-state index in [0.29, 0.717) is 36.8 Å². The summed E-state index contributed by atoms with van der Waals surface area (Å²) in [7, 11) is 0. The number of ether oxygens (including phenoxy) is 1. The van der Waals surface area contributed by atoms with Gasteiger partial charge in [-0.05, 0) is 6.07 Å². The summed E-state index contributed by atoms with van der Waals surface area (Å²) in [5.74, 6) is -0.0980. The molecule has 0 radical (unpaired) electrons. The molecule has 0 saturated carbocycles. The van der Waals surface area contributed by atoms with E-state index in [1.807, 2.05) is 0 Å². The molecule has 92 valence electrons. The fourth-order valence-electron chi connectivity index (χ4n) is 1.77. The summed E-state index contributed by atoms with van der Waals surface area (Å²) in [6.45, 7) is 1.99. The highest BCUT2D eigenvalue weighted by atomic mass is 35.5. The predicted molar refractivity (Wildman–Crippen MR) is 63.9 cm³/mol. The molecule has 2 N–H and O–H groups in total. The van der Waals surface area contributed by atoms with E-state index in [1.54, 1.807) is 17.2 Å². The van der Waals surface area contributed by atoms with Crippen molar-refractivity contribution in [3.8, 4) is 0 Å². The maximum atomic E-state index is 12.2. The van der Waals surface area contributed by atoms with Crippen LogP contribution in [0.15, 0.2) is 18.5 Å². The van der Waals surface area contributed by atoms with Crippen LogP contribution >= 0.6 is 11.6 Å². The number of halogens is 1. The van der Waals surface area contributed by atoms with Gasteiger partial charge in [-0.15, -0.1) is 0 Å². The van der Waals surface area contributed by atoms with Crippen molar-refractivity contribution >= 4 is 17.5 Å². The van der Waals surface area contributed by atoms with Crippen molar-refractivity contribution in [1.29, 1.82) is 0 Å². The molecule has 1 unspecified atom stereocenters. The number of nitrogens with zero attached hydrogens (tertiary/aromatic N) is 2. The predicted octanol–water partition coefficient (Wildman–Crippen LogP) is 0.535. The molecule has 1 aliphatic heterocycles. The van der Waals surface area contributed by atoms with Gasteiger partial charge in [-0.2, -0.15) is 0 Å². The highest BCUT2D eigenvalue weighted by Crippen LogP contribution is 2.17. The third-order valence-corrected chi connectivity index (χ3v) is 2.99. The van der Waals surface area contributed by atoms with Crippen LogP contribution in [0.25, 0.3) is 0 Å². The first-order valence-corrected chi connectivity index (χ1v) is 5.80. The number of aromatic nitrogens is 1. The van der Waals surface area contributed by atoms with Crippen molar-refractivity contribution in [3.05, 3.63) is 29.0 Å². The number of pyridine rings is 1. The van der Waals surface area contributed by atoms with E-state index >= 15 is 0 Å². The van der Waals surface area contributed by atoms with Crippen molar-refractivity contribution in [2.75, 3.05) is 26.2 Å². The van der Waals surface area contributed by atoms with E-state index in [2.05, 4.69) is 4.98 Å². The molecule has 0 bridgehead atoms. The minimum absolute atomic E-state index is 0.0895. The maximum absolute atomic E-state index is 12.2. The molecule has 0 spiro atoms. The van der Waals surface area contributed by atoms with Gasteiger partial charge >= 0.3 is 0 Å². The van der Waals surface area contributed by atoms with E-state index in [0.717, 1.165) is 0 Å². The quantitative estimate of drug-likeness (QED) is 0.837. The minimum Gasteiger partial charge on any atom is -0.373 e. The fraction of sp³-hybridized carbons (Fsp3) is 0.455. The molecule has 1 aromatic heterocycles. The van der Waals surface area contributed by atoms with Gasteiger partial charge in [0.2, 0.25) is 0 Å². The van der Waals surface area contributed by atoms with Crippen LogP contribution in [0, 0.1) is 0 Å². The molecule has 1 fully saturated rings. The Bertz CT molecular complexity index is 413. The summed E-state index contributed by atoms with van der Waals surface area (Å²) in [5.41, 5.74) is 6.01. The summed E-state index contributed by atoms with van der Waals surface area (Å²) < 4.78 is 5.41. The number of morpholine rings is 1. The molecule has 0 aromatic carbocycles. The van der Waals surface area contributed by atoms with E-state index in [-0.39, 0.29) is 12.0 Å². The van der Waals surface area contributed by atoms with Crippen molar-refractivity contribution in [3.63, 3.8) is 0 Å². The topological polar surface area (TPSA) is 68.5 Å². The van der Waals surface area contributed by atoms with Crippen molar-refractivity contribution in [2.24, 2.45) is 5.73 Å². The van der Waals surface area contributed by atoms with Gasteiger partial charge in [-0.25, -0.2) is 0 Å². The third-order valence-electron chi connectivity index (χ3n) is 2.69. The van der Waals surface area contributed by atoms with E-state index in [1.165, 1.54) is 6.20 Å². The molecule has 6 heteroatoms. The summed E-state index contributed by atoms with van der Waals surface area (Å²) in [6.07, 6.45) is 2.93. The van der Waals surface area contributed by atoms with Crippen LogP contribution in [-0.4, -0.2) is 48.1 Å². The molecule has 1 saturated heterocycles. The van der Waals surface area contributed by atoms with Crippen molar-refractivity contribution in [1.82, 2.24) is 9.88 Å². The van der Waals surface area contributed by atoms with E-state index in [4.69, 9.17) is 22.1 Å². The van der Waals surface area contributed by atoms with Gasteiger partial charge in [-0.3, -0.25) is 9.78 Å². The van der Waals surface area contributed by atoms with Gasteiger partial charge in [0.15, 0.2) is 0 Å². The molecular weight excluding hydrogens is 242 g/mol. The number of rotatable bonds is 2. The zero-order valence-electron chi connectivity index (χ0n) is 9.30. The normalized spacial score (nSPS) is 20.4. The Morgan fingerprint density at radius 1 is 1.71 bits per heavy atom. The fourth-order valence-corrected chi connectivity index (χ4v) is 1.97. The van der Waals surface area contributed by atoms with Gasteiger partial charge < -0.3 is 15.4 Å². The summed E-state index contributed by atoms with van der Waals surface area (Å²) in [5, 5.41) is 0.369. The van der Waals surface area contributed by atoms with Crippen molar-refractivity contribution in [2.45, 2.75) is 6.10 Å². The standard InChI is InChI=1S/C11H14ClN3O2/c12-10-6-14-2-1-9(10)11(16)15-3-4-17-8(5-13)7-15/h1-2,6,8H,3-5,7,13H2. The Labute approximate surface area is 105 Å². The van der Waals surface area contributed by atoms with Crippen LogP contribution in [0.2, 0.25) is 5.02 Å². The molecule has 5 nitrogen and oxygen atoms in total. The minimum atomic E-state index is -0.0980. The van der Waals surface area contributed by atoms with Gasteiger partial charge in [0.1, 0.15) is 0 Å². The van der Waals surface area contributed by atoms with Crippen LogP contribution in [0.1, 0.15) is 10.4 Å². The molecule has 2 rings (SSSR count). The highest BCUT2D eigenvalue weighted by molar-refractivity contribution is 6.33. The highest BCUT2D eigenvalue weighted by Gasteiger charge is 2.25. The lowest BCUT2D eigenvalue weighted by atomic mass is 10.2. The zero-order valence-corrected chi connectivity index (χ0v) is 10.1. The van der Waals surface area contributed by atoms with Gasteiger partial charge in [0.05, 0.1) is 23.3 Å². The smallest absolute Gasteiger partial charge is 0.255 e. The monoisotopic (exact) mass is 255 g/mol. The lowest BCUT2D eigenvalue weighted by molar-refractivity contribution is -0.0167. The van der Waals surface area contributed by atoms with E-state index < -0.39 is 0 Å². The SMILES string of the molecule is NCC1CN(C(=O)c2ccncc2Cl)CCO1. The number of amides is 1. The van der Waals surface area contributed by atoms with E-state index in [9.17, 15) is 4.79 Å². The van der Waals surface area contributed by atoms with Gasteiger partial charge in [0, 0.05) is 32.0 Å². The first kappa shape index (κ1) is 12.3. The molecule has 2 heterocycles. The average Bonchev–Trinajstić information content (AvgIpc) is 2.38. The Kier molecular flexibility index (Phi) is 3.93. The van der Waals surface area contributed by atoms with Crippen LogP contribution in [0.4, 0.5) is 0 Å². The number of carbonyl (C=O) groups is 1. The summed E-state index contributed by atoms with van der Waals surface area (Å²) >= 11 is 5.94. The Hall–Kier alpha value is -1.17. The lowest BCUT2D eigenvalue weighted by Crippen LogP contribution is -2.48. The van der Waals surface area contributed by atoms with Gasteiger partial charge in [-0.1, -0.05) is 11.6 Å². The Morgan fingerprint density at radius 3 is 3.24 bits per heavy atom. The molecular formula is C11H14ClN3O2. The molecule has 0 aliphatic carbocycles. The summed E-state index contributed by atoms with van der Waals surface area (Å²) in [6, 6.07) is 1.62.